The lowest BCUT2D eigenvalue weighted by molar-refractivity contribution is -0.142. The van der Waals surface area contributed by atoms with Crippen molar-refractivity contribution in [3.05, 3.63) is 23.8 Å². The van der Waals surface area contributed by atoms with Crippen LogP contribution in [0.25, 0.3) is 0 Å². The summed E-state index contributed by atoms with van der Waals surface area (Å²) < 4.78 is 15.8. The molecule has 0 amide bonds. The molecule has 0 radical (unpaired) electrons. The fourth-order valence-electron chi connectivity index (χ4n) is 1.85. The lowest BCUT2D eigenvalue weighted by Crippen LogP contribution is -2.33. The van der Waals surface area contributed by atoms with Gasteiger partial charge in [0.1, 0.15) is 12.6 Å². The van der Waals surface area contributed by atoms with E-state index in [1.807, 2.05) is 37.2 Å². The van der Waals surface area contributed by atoms with Gasteiger partial charge in [-0.1, -0.05) is 12.1 Å². The summed E-state index contributed by atoms with van der Waals surface area (Å²) in [5.41, 5.74) is 6.64. The summed E-state index contributed by atoms with van der Waals surface area (Å²) in [6.07, 6.45) is 0.334. The molecule has 0 aromatic heterocycles. The molecule has 1 aromatic rings. The van der Waals surface area contributed by atoms with Crippen molar-refractivity contribution in [2.45, 2.75) is 12.5 Å². The minimum atomic E-state index is -0.724. The lowest BCUT2D eigenvalue weighted by Gasteiger charge is -2.18. The number of para-hydroxylation sites is 1. The summed E-state index contributed by atoms with van der Waals surface area (Å²) in [6.45, 7) is 1.30. The number of carbonyl (C=O) groups is 1. The second-order valence-corrected chi connectivity index (χ2v) is 4.93. The topological polar surface area (TPSA) is 74.0 Å². The first-order chi connectivity index (χ1) is 9.99. The van der Waals surface area contributed by atoms with Crippen LogP contribution in [-0.2, 0) is 16.0 Å². The predicted molar refractivity (Wildman–Crippen MR) is 80.7 cm³/mol. The van der Waals surface area contributed by atoms with E-state index in [-0.39, 0.29) is 0 Å². The molecular weight excluding hydrogens is 272 g/mol. The minimum absolute atomic E-state index is 0.334. The van der Waals surface area contributed by atoms with E-state index in [9.17, 15) is 4.79 Å². The maximum absolute atomic E-state index is 11.5. The summed E-state index contributed by atoms with van der Waals surface area (Å²) in [5.74, 6) is 0.807. The third-order valence-electron chi connectivity index (χ3n) is 3.01. The molecule has 0 saturated heterocycles. The van der Waals surface area contributed by atoms with Gasteiger partial charge in [0.2, 0.25) is 0 Å². The van der Waals surface area contributed by atoms with Crippen molar-refractivity contribution in [2.75, 3.05) is 41.5 Å². The molecular formula is C15H24N2O4. The highest BCUT2D eigenvalue weighted by molar-refractivity contribution is 5.76. The number of likely N-dealkylation sites (N-methyl/N-ethyl adjacent to an activating group) is 1. The van der Waals surface area contributed by atoms with Crippen molar-refractivity contribution >= 4 is 5.97 Å². The number of hydrogen-bond acceptors (Lipinski definition) is 6. The van der Waals surface area contributed by atoms with E-state index in [0.717, 1.165) is 12.1 Å². The molecule has 1 aromatic carbocycles. The van der Waals surface area contributed by atoms with E-state index in [1.165, 1.54) is 7.11 Å². The molecule has 6 nitrogen and oxygen atoms in total. The third-order valence-corrected chi connectivity index (χ3v) is 3.01. The average Bonchev–Trinajstić information content (AvgIpc) is 2.47. The maximum Gasteiger partial charge on any atom is 0.322 e. The Balaban J connectivity index is 2.88. The van der Waals surface area contributed by atoms with Crippen LogP contribution in [0.3, 0.4) is 0 Å². The first kappa shape index (κ1) is 17.3. The SMILES string of the molecule is COC(=O)C(N)Cc1cccc(OC)c1OCCN(C)C. The fourth-order valence-corrected chi connectivity index (χ4v) is 1.85. The highest BCUT2D eigenvalue weighted by atomic mass is 16.5. The molecule has 0 aliphatic carbocycles. The van der Waals surface area contributed by atoms with E-state index < -0.39 is 12.0 Å². The molecule has 0 bridgehead atoms. The number of rotatable bonds is 8. The third kappa shape index (κ3) is 5.24. The highest BCUT2D eigenvalue weighted by Crippen LogP contribution is 2.31. The maximum atomic E-state index is 11.5. The molecule has 1 unspecified atom stereocenters. The molecule has 0 aliphatic heterocycles. The normalized spacial score (nSPS) is 12.1. The van der Waals surface area contributed by atoms with Crippen LogP contribution in [0.4, 0.5) is 0 Å². The van der Waals surface area contributed by atoms with E-state index >= 15 is 0 Å². The summed E-state index contributed by atoms with van der Waals surface area (Å²) in [6, 6.07) is 4.81. The highest BCUT2D eigenvalue weighted by Gasteiger charge is 2.19. The lowest BCUT2D eigenvalue weighted by atomic mass is 10.0. The summed E-state index contributed by atoms with van der Waals surface area (Å²) >= 11 is 0. The van der Waals surface area contributed by atoms with Crippen molar-refractivity contribution in [3.8, 4) is 11.5 Å². The number of nitrogens with two attached hydrogens (primary N) is 1. The van der Waals surface area contributed by atoms with E-state index in [4.69, 9.17) is 15.2 Å². The van der Waals surface area contributed by atoms with Gasteiger partial charge in [0.25, 0.3) is 0 Å². The van der Waals surface area contributed by atoms with E-state index in [0.29, 0.717) is 24.5 Å². The van der Waals surface area contributed by atoms with Gasteiger partial charge in [-0.25, -0.2) is 0 Å². The number of carbonyl (C=O) groups excluding carboxylic acids is 1. The van der Waals surface area contributed by atoms with Gasteiger partial charge in [0, 0.05) is 18.5 Å². The van der Waals surface area contributed by atoms with Crippen molar-refractivity contribution in [1.29, 1.82) is 0 Å². The smallest absolute Gasteiger partial charge is 0.322 e. The van der Waals surface area contributed by atoms with Gasteiger partial charge in [-0.15, -0.1) is 0 Å². The molecule has 2 N–H and O–H groups in total. The number of ether oxygens (including phenoxy) is 3. The van der Waals surface area contributed by atoms with Crippen LogP contribution in [0.5, 0.6) is 11.5 Å². The summed E-state index contributed by atoms with van der Waals surface area (Å²) in [7, 11) is 6.85. The van der Waals surface area contributed by atoms with Crippen molar-refractivity contribution in [3.63, 3.8) is 0 Å². The second kappa shape index (κ2) is 8.49. The van der Waals surface area contributed by atoms with Gasteiger partial charge in [-0.3, -0.25) is 4.79 Å². The van der Waals surface area contributed by atoms with Crippen LogP contribution in [0.2, 0.25) is 0 Å². The summed E-state index contributed by atoms with van der Waals surface area (Å²) in [4.78, 5) is 13.5. The van der Waals surface area contributed by atoms with Crippen molar-refractivity contribution in [1.82, 2.24) is 4.90 Å². The Labute approximate surface area is 125 Å². The second-order valence-electron chi connectivity index (χ2n) is 4.93. The zero-order valence-corrected chi connectivity index (χ0v) is 13.1. The van der Waals surface area contributed by atoms with Crippen LogP contribution in [0.1, 0.15) is 5.56 Å². The molecule has 21 heavy (non-hydrogen) atoms. The zero-order valence-electron chi connectivity index (χ0n) is 13.1. The Morgan fingerprint density at radius 3 is 2.62 bits per heavy atom. The Morgan fingerprint density at radius 1 is 1.33 bits per heavy atom. The van der Waals surface area contributed by atoms with Gasteiger partial charge >= 0.3 is 5.97 Å². The van der Waals surface area contributed by atoms with Crippen LogP contribution >= 0.6 is 0 Å². The standard InChI is InChI=1S/C15H24N2O4/c1-17(2)8-9-21-14-11(6-5-7-13(14)19-3)10-12(16)15(18)20-4/h5-7,12H,8-10,16H2,1-4H3. The van der Waals surface area contributed by atoms with E-state index in [1.54, 1.807) is 7.11 Å². The number of benzene rings is 1. The molecule has 0 heterocycles. The van der Waals surface area contributed by atoms with E-state index in [2.05, 4.69) is 4.74 Å². The first-order valence-electron chi connectivity index (χ1n) is 6.76. The number of hydrogen-bond donors (Lipinski definition) is 1. The molecule has 1 atom stereocenters. The Kier molecular flexibility index (Phi) is 6.98. The van der Waals surface area contributed by atoms with Crippen LogP contribution in [0, 0.1) is 0 Å². The Bertz CT molecular complexity index is 463. The molecule has 0 saturated carbocycles. The Morgan fingerprint density at radius 2 is 2.05 bits per heavy atom. The zero-order chi connectivity index (χ0) is 15.8. The molecule has 0 fully saturated rings. The predicted octanol–water partition coefficient (Wildman–Crippen LogP) is 0.678. The fraction of sp³-hybridized carbons (Fsp3) is 0.533. The van der Waals surface area contributed by atoms with Crippen molar-refractivity contribution < 1.29 is 19.0 Å². The number of nitrogens with zero attached hydrogens (tertiary/aromatic N) is 1. The number of esters is 1. The monoisotopic (exact) mass is 296 g/mol. The Hall–Kier alpha value is -1.79. The quantitative estimate of drug-likeness (QED) is 0.711. The van der Waals surface area contributed by atoms with Gasteiger partial charge < -0.3 is 24.8 Å². The van der Waals surface area contributed by atoms with Crippen molar-refractivity contribution in [2.24, 2.45) is 5.73 Å². The minimum Gasteiger partial charge on any atom is -0.493 e. The van der Waals surface area contributed by atoms with Gasteiger partial charge in [0.15, 0.2) is 11.5 Å². The van der Waals surface area contributed by atoms with Crippen LogP contribution < -0.4 is 15.2 Å². The first-order valence-corrected chi connectivity index (χ1v) is 6.76. The molecule has 6 heteroatoms. The van der Waals surface area contributed by atoms with Gasteiger partial charge in [-0.05, 0) is 20.2 Å². The molecule has 0 aliphatic rings. The van der Waals surface area contributed by atoms with Crippen LogP contribution in [0.15, 0.2) is 18.2 Å². The molecule has 118 valence electrons. The van der Waals surface area contributed by atoms with Gasteiger partial charge in [-0.2, -0.15) is 0 Å². The van der Waals surface area contributed by atoms with Crippen LogP contribution in [-0.4, -0.2) is 58.4 Å². The largest absolute Gasteiger partial charge is 0.493 e. The molecule has 0 spiro atoms. The number of methoxy groups -OCH3 is 2. The van der Waals surface area contributed by atoms with Gasteiger partial charge in [0.05, 0.1) is 14.2 Å². The summed E-state index contributed by atoms with van der Waals surface area (Å²) in [5, 5.41) is 0. The molecule has 1 rings (SSSR count). The average molecular weight is 296 g/mol.